The predicted molar refractivity (Wildman–Crippen MR) is 76.4 cm³/mol. The first-order valence-electron chi connectivity index (χ1n) is 8.17. The lowest BCUT2D eigenvalue weighted by Crippen LogP contribution is -2.54. The summed E-state index contributed by atoms with van der Waals surface area (Å²) in [5.41, 5.74) is 6.38. The van der Waals surface area contributed by atoms with Crippen molar-refractivity contribution in [1.82, 2.24) is 5.32 Å². The summed E-state index contributed by atoms with van der Waals surface area (Å²) in [6, 6.07) is 0. The lowest BCUT2D eigenvalue weighted by molar-refractivity contribution is 0.186. The van der Waals surface area contributed by atoms with Gasteiger partial charge in [-0.2, -0.15) is 0 Å². The standard InChI is InChI=1S/C16H30N2/c1-12-6-8-16(11-17,9-7-12)18-10-15(13-2-3-13)14-4-5-14/h12-15,18H,2-11,17H2,1H3. The Labute approximate surface area is 112 Å². The summed E-state index contributed by atoms with van der Waals surface area (Å²) in [6.45, 7) is 4.47. The van der Waals surface area contributed by atoms with Crippen LogP contribution in [0.4, 0.5) is 0 Å². The minimum Gasteiger partial charge on any atom is -0.329 e. The minimum absolute atomic E-state index is 0.286. The molecule has 0 spiro atoms. The summed E-state index contributed by atoms with van der Waals surface area (Å²) >= 11 is 0. The summed E-state index contributed by atoms with van der Waals surface area (Å²) in [4.78, 5) is 0. The van der Waals surface area contributed by atoms with Gasteiger partial charge < -0.3 is 11.1 Å². The molecule has 3 fully saturated rings. The largest absolute Gasteiger partial charge is 0.329 e. The van der Waals surface area contributed by atoms with Crippen LogP contribution in [0, 0.1) is 23.7 Å². The Kier molecular flexibility index (Phi) is 3.68. The highest BCUT2D eigenvalue weighted by Gasteiger charge is 2.42. The van der Waals surface area contributed by atoms with Crippen molar-refractivity contribution in [3.63, 3.8) is 0 Å². The number of nitrogens with two attached hydrogens (primary N) is 1. The molecule has 0 amide bonds. The van der Waals surface area contributed by atoms with Crippen LogP contribution >= 0.6 is 0 Å². The molecule has 0 aliphatic heterocycles. The van der Waals surface area contributed by atoms with E-state index in [1.165, 1.54) is 57.9 Å². The van der Waals surface area contributed by atoms with Crippen LogP contribution in [0.15, 0.2) is 0 Å². The van der Waals surface area contributed by atoms with E-state index < -0.39 is 0 Å². The Morgan fingerprint density at radius 1 is 1.06 bits per heavy atom. The number of hydrogen-bond donors (Lipinski definition) is 2. The molecule has 18 heavy (non-hydrogen) atoms. The van der Waals surface area contributed by atoms with Crippen LogP contribution in [0.2, 0.25) is 0 Å². The van der Waals surface area contributed by atoms with Crippen molar-refractivity contribution in [2.45, 2.75) is 63.8 Å². The fourth-order valence-electron chi connectivity index (χ4n) is 3.87. The summed E-state index contributed by atoms with van der Waals surface area (Å²) in [6.07, 6.45) is 11.3. The topological polar surface area (TPSA) is 38.0 Å². The van der Waals surface area contributed by atoms with Crippen LogP contribution in [-0.4, -0.2) is 18.6 Å². The zero-order valence-corrected chi connectivity index (χ0v) is 12.0. The molecule has 3 rings (SSSR count). The fraction of sp³-hybridized carbons (Fsp3) is 1.00. The molecule has 3 aliphatic carbocycles. The molecule has 0 bridgehead atoms. The molecule has 0 atom stereocenters. The fourth-order valence-corrected chi connectivity index (χ4v) is 3.87. The Morgan fingerprint density at radius 3 is 2.06 bits per heavy atom. The molecule has 3 aliphatic rings. The van der Waals surface area contributed by atoms with Crippen LogP contribution in [0.3, 0.4) is 0 Å². The molecule has 0 aromatic heterocycles. The Morgan fingerprint density at radius 2 is 1.61 bits per heavy atom. The van der Waals surface area contributed by atoms with Gasteiger partial charge in [0.2, 0.25) is 0 Å². The monoisotopic (exact) mass is 250 g/mol. The van der Waals surface area contributed by atoms with Gasteiger partial charge in [0.15, 0.2) is 0 Å². The highest BCUT2D eigenvalue weighted by atomic mass is 15.0. The molecule has 0 saturated heterocycles. The zero-order chi connectivity index (χ0) is 12.6. The second kappa shape index (κ2) is 5.13. The maximum Gasteiger partial charge on any atom is 0.0304 e. The molecule has 3 saturated carbocycles. The van der Waals surface area contributed by atoms with Crippen molar-refractivity contribution >= 4 is 0 Å². The van der Waals surface area contributed by atoms with Crippen LogP contribution in [0.1, 0.15) is 58.3 Å². The van der Waals surface area contributed by atoms with Gasteiger partial charge in [-0.3, -0.25) is 0 Å². The van der Waals surface area contributed by atoms with Crippen LogP contribution in [-0.2, 0) is 0 Å². The van der Waals surface area contributed by atoms with E-state index in [-0.39, 0.29) is 5.54 Å². The summed E-state index contributed by atoms with van der Waals surface area (Å²) in [7, 11) is 0. The molecule has 0 aromatic rings. The second-order valence-electron chi connectivity index (χ2n) is 7.39. The van der Waals surface area contributed by atoms with Gasteiger partial charge in [0, 0.05) is 12.1 Å². The van der Waals surface area contributed by atoms with Gasteiger partial charge in [-0.25, -0.2) is 0 Å². The quantitative estimate of drug-likeness (QED) is 0.760. The maximum atomic E-state index is 6.09. The highest BCUT2D eigenvalue weighted by molar-refractivity contribution is 4.97. The van der Waals surface area contributed by atoms with E-state index in [9.17, 15) is 0 Å². The zero-order valence-electron chi connectivity index (χ0n) is 12.0. The summed E-state index contributed by atoms with van der Waals surface area (Å²) in [5.74, 6) is 4.01. The third kappa shape index (κ3) is 2.91. The summed E-state index contributed by atoms with van der Waals surface area (Å²) in [5, 5.41) is 3.92. The van der Waals surface area contributed by atoms with Gasteiger partial charge in [0.25, 0.3) is 0 Å². The molecule has 2 nitrogen and oxygen atoms in total. The van der Waals surface area contributed by atoms with Gasteiger partial charge >= 0.3 is 0 Å². The second-order valence-corrected chi connectivity index (χ2v) is 7.39. The van der Waals surface area contributed by atoms with Gasteiger partial charge in [-0.15, -0.1) is 0 Å². The minimum atomic E-state index is 0.286. The number of nitrogens with one attached hydrogen (secondary N) is 1. The number of rotatable bonds is 6. The van der Waals surface area contributed by atoms with E-state index in [2.05, 4.69) is 12.2 Å². The molecule has 0 radical (unpaired) electrons. The smallest absolute Gasteiger partial charge is 0.0304 e. The third-order valence-corrected chi connectivity index (χ3v) is 5.79. The first-order chi connectivity index (χ1) is 8.72. The maximum absolute atomic E-state index is 6.09. The van der Waals surface area contributed by atoms with Crippen LogP contribution in [0.25, 0.3) is 0 Å². The average molecular weight is 250 g/mol. The molecule has 2 heteroatoms. The molecule has 104 valence electrons. The molecule has 0 unspecified atom stereocenters. The average Bonchev–Trinajstić information content (AvgIpc) is 3.26. The van der Waals surface area contributed by atoms with Crippen molar-refractivity contribution in [3.05, 3.63) is 0 Å². The van der Waals surface area contributed by atoms with E-state index in [4.69, 9.17) is 5.73 Å². The SMILES string of the molecule is CC1CCC(CN)(NCC(C2CC2)C2CC2)CC1. The normalized spacial score (nSPS) is 37.2. The van der Waals surface area contributed by atoms with Crippen molar-refractivity contribution in [3.8, 4) is 0 Å². The predicted octanol–water partition coefficient (Wildman–Crippen LogP) is 2.92. The molecular formula is C16H30N2. The Hall–Kier alpha value is -0.0800. The van der Waals surface area contributed by atoms with Gasteiger partial charge in [0.1, 0.15) is 0 Å². The van der Waals surface area contributed by atoms with E-state index in [1.54, 1.807) is 0 Å². The Balaban J connectivity index is 1.53. The first-order valence-corrected chi connectivity index (χ1v) is 8.17. The molecule has 0 aromatic carbocycles. The summed E-state index contributed by atoms with van der Waals surface area (Å²) < 4.78 is 0. The molecule has 3 N–H and O–H groups in total. The van der Waals surface area contributed by atoms with Crippen LogP contribution < -0.4 is 11.1 Å². The lowest BCUT2D eigenvalue weighted by atomic mass is 9.76. The van der Waals surface area contributed by atoms with Gasteiger partial charge in [0.05, 0.1) is 0 Å². The van der Waals surface area contributed by atoms with Gasteiger partial charge in [-0.05, 0) is 81.6 Å². The van der Waals surface area contributed by atoms with E-state index >= 15 is 0 Å². The van der Waals surface area contributed by atoms with Crippen molar-refractivity contribution in [2.24, 2.45) is 29.4 Å². The van der Waals surface area contributed by atoms with Crippen molar-refractivity contribution in [1.29, 1.82) is 0 Å². The van der Waals surface area contributed by atoms with Crippen LogP contribution in [0.5, 0.6) is 0 Å². The number of hydrogen-bond acceptors (Lipinski definition) is 2. The third-order valence-electron chi connectivity index (χ3n) is 5.79. The van der Waals surface area contributed by atoms with Gasteiger partial charge in [-0.1, -0.05) is 6.92 Å². The molecular weight excluding hydrogens is 220 g/mol. The van der Waals surface area contributed by atoms with Crippen molar-refractivity contribution in [2.75, 3.05) is 13.1 Å². The lowest BCUT2D eigenvalue weighted by Gasteiger charge is -2.40. The first kappa shape index (κ1) is 12.9. The van der Waals surface area contributed by atoms with E-state index in [1.807, 2.05) is 0 Å². The molecule has 0 heterocycles. The van der Waals surface area contributed by atoms with E-state index in [0.717, 1.165) is 30.2 Å². The van der Waals surface area contributed by atoms with E-state index in [0.29, 0.717) is 0 Å². The Bertz CT molecular complexity index is 261. The highest BCUT2D eigenvalue weighted by Crippen LogP contribution is 2.49. The van der Waals surface area contributed by atoms with Crippen molar-refractivity contribution < 1.29 is 0 Å².